The molecule has 1 rings (SSSR count). The third kappa shape index (κ3) is 2.57. The Balaban J connectivity index is 2.72. The first-order valence-corrected chi connectivity index (χ1v) is 4.72. The molecule has 0 aliphatic heterocycles. The smallest absolute Gasteiger partial charge is 0.326 e. The van der Waals surface area contributed by atoms with Gasteiger partial charge in [0.05, 0.1) is 12.9 Å². The molecule has 1 heterocycles. The summed E-state index contributed by atoms with van der Waals surface area (Å²) in [4.78, 5) is 11.2. The van der Waals surface area contributed by atoms with E-state index >= 15 is 0 Å². The molecule has 0 spiro atoms. The average molecular weight is 213 g/mol. The quantitative estimate of drug-likeness (QED) is 0.712. The zero-order chi connectivity index (χ0) is 11.4. The number of aryl methyl sites for hydroxylation is 1. The number of rotatable bonds is 4. The number of aliphatic hydroxyl groups is 1. The van der Waals surface area contributed by atoms with Crippen LogP contribution >= 0.6 is 0 Å². The largest absolute Gasteiger partial charge is 0.466 e. The van der Waals surface area contributed by atoms with Gasteiger partial charge in [0.15, 0.2) is 0 Å². The van der Waals surface area contributed by atoms with Crippen LogP contribution in [0, 0.1) is 6.92 Å². The van der Waals surface area contributed by atoms with Crippen molar-refractivity contribution >= 4 is 5.97 Å². The van der Waals surface area contributed by atoms with Crippen LogP contribution in [0.5, 0.6) is 0 Å². The van der Waals surface area contributed by atoms with Crippen molar-refractivity contribution in [3.05, 3.63) is 23.7 Å². The standard InChI is InChI=1S/C10H15NO4/c1-3-14-10(13)7(11)8(12)9-6(2)4-5-15-9/h4-5,7-8,12H,3,11H2,1-2H3. The van der Waals surface area contributed by atoms with Gasteiger partial charge in [-0.15, -0.1) is 0 Å². The van der Waals surface area contributed by atoms with E-state index in [1.807, 2.05) is 0 Å². The van der Waals surface area contributed by atoms with Gasteiger partial charge in [0.1, 0.15) is 17.9 Å². The molecular weight excluding hydrogens is 198 g/mol. The summed E-state index contributed by atoms with van der Waals surface area (Å²) in [6, 6.07) is 0.575. The fourth-order valence-corrected chi connectivity index (χ4v) is 1.22. The van der Waals surface area contributed by atoms with Gasteiger partial charge in [-0.2, -0.15) is 0 Å². The molecule has 3 N–H and O–H groups in total. The fraction of sp³-hybridized carbons (Fsp3) is 0.500. The Labute approximate surface area is 87.8 Å². The zero-order valence-electron chi connectivity index (χ0n) is 8.77. The molecule has 84 valence electrons. The lowest BCUT2D eigenvalue weighted by atomic mass is 10.1. The van der Waals surface area contributed by atoms with Crippen LogP contribution in [0.25, 0.3) is 0 Å². The molecule has 1 aromatic heterocycles. The molecule has 2 atom stereocenters. The number of hydrogen-bond donors (Lipinski definition) is 2. The van der Waals surface area contributed by atoms with Gasteiger partial charge in [-0.25, -0.2) is 0 Å². The van der Waals surface area contributed by atoms with Crippen LogP contribution in [0.2, 0.25) is 0 Å². The molecule has 0 saturated carbocycles. The summed E-state index contributed by atoms with van der Waals surface area (Å²) in [5.41, 5.74) is 6.27. The third-order valence-electron chi connectivity index (χ3n) is 2.07. The Morgan fingerprint density at radius 1 is 1.73 bits per heavy atom. The second-order valence-corrected chi connectivity index (χ2v) is 3.19. The summed E-state index contributed by atoms with van der Waals surface area (Å²) in [6.45, 7) is 3.67. The highest BCUT2D eigenvalue weighted by molar-refractivity contribution is 5.76. The number of ether oxygens (including phenoxy) is 1. The van der Waals surface area contributed by atoms with E-state index in [0.29, 0.717) is 5.76 Å². The molecule has 5 heteroatoms. The average Bonchev–Trinajstić information content (AvgIpc) is 2.62. The minimum Gasteiger partial charge on any atom is -0.466 e. The summed E-state index contributed by atoms with van der Waals surface area (Å²) >= 11 is 0. The number of nitrogens with two attached hydrogens (primary N) is 1. The molecule has 0 fully saturated rings. The van der Waals surface area contributed by atoms with Crippen molar-refractivity contribution in [2.24, 2.45) is 5.73 Å². The lowest BCUT2D eigenvalue weighted by Crippen LogP contribution is -2.38. The maximum absolute atomic E-state index is 11.2. The van der Waals surface area contributed by atoms with Gasteiger partial charge in [-0.3, -0.25) is 4.79 Å². The number of aliphatic hydroxyl groups excluding tert-OH is 1. The summed E-state index contributed by atoms with van der Waals surface area (Å²) in [6.07, 6.45) is 0.269. The van der Waals surface area contributed by atoms with E-state index in [2.05, 4.69) is 0 Å². The first-order chi connectivity index (χ1) is 7.07. The lowest BCUT2D eigenvalue weighted by molar-refractivity contribution is -0.147. The normalized spacial score (nSPS) is 14.7. The van der Waals surface area contributed by atoms with Crippen molar-refractivity contribution in [2.75, 3.05) is 6.61 Å². The maximum atomic E-state index is 11.2. The molecule has 0 bridgehead atoms. The summed E-state index contributed by atoms with van der Waals surface area (Å²) < 4.78 is 9.73. The number of esters is 1. The highest BCUT2D eigenvalue weighted by Crippen LogP contribution is 2.21. The second kappa shape index (κ2) is 4.95. The van der Waals surface area contributed by atoms with E-state index in [-0.39, 0.29) is 6.61 Å². The van der Waals surface area contributed by atoms with Crippen LogP contribution in [0.15, 0.2) is 16.7 Å². The Kier molecular flexibility index (Phi) is 3.88. The Hall–Kier alpha value is -1.33. The van der Waals surface area contributed by atoms with Crippen LogP contribution in [0.1, 0.15) is 24.4 Å². The van der Waals surface area contributed by atoms with Gasteiger partial charge >= 0.3 is 5.97 Å². The molecule has 0 aromatic carbocycles. The first-order valence-electron chi connectivity index (χ1n) is 4.72. The van der Waals surface area contributed by atoms with Crippen LogP contribution < -0.4 is 5.73 Å². The Morgan fingerprint density at radius 3 is 2.87 bits per heavy atom. The van der Waals surface area contributed by atoms with Crippen molar-refractivity contribution < 1.29 is 19.1 Å². The molecular formula is C10H15NO4. The van der Waals surface area contributed by atoms with E-state index in [1.165, 1.54) is 6.26 Å². The van der Waals surface area contributed by atoms with Crippen molar-refractivity contribution in [3.63, 3.8) is 0 Å². The Morgan fingerprint density at radius 2 is 2.40 bits per heavy atom. The second-order valence-electron chi connectivity index (χ2n) is 3.19. The molecule has 0 aliphatic rings. The molecule has 0 radical (unpaired) electrons. The summed E-state index contributed by atoms with van der Waals surface area (Å²) in [5, 5.41) is 9.74. The first kappa shape index (κ1) is 11.7. The molecule has 5 nitrogen and oxygen atoms in total. The number of furan rings is 1. The van der Waals surface area contributed by atoms with Gasteiger partial charge in [-0.1, -0.05) is 0 Å². The molecule has 15 heavy (non-hydrogen) atoms. The summed E-state index contributed by atoms with van der Waals surface area (Å²) in [7, 11) is 0. The predicted molar refractivity (Wildman–Crippen MR) is 53.0 cm³/mol. The highest BCUT2D eigenvalue weighted by atomic mass is 16.5. The van der Waals surface area contributed by atoms with Crippen molar-refractivity contribution in [1.82, 2.24) is 0 Å². The highest BCUT2D eigenvalue weighted by Gasteiger charge is 2.28. The van der Waals surface area contributed by atoms with Gasteiger partial charge < -0.3 is 20.0 Å². The van der Waals surface area contributed by atoms with E-state index in [9.17, 15) is 9.90 Å². The number of hydrogen-bond acceptors (Lipinski definition) is 5. The van der Waals surface area contributed by atoms with Crippen LogP contribution in [-0.2, 0) is 9.53 Å². The molecule has 1 aromatic rings. The number of carbonyl (C=O) groups is 1. The Bertz CT molecular complexity index is 334. The zero-order valence-corrected chi connectivity index (χ0v) is 8.77. The van der Waals surface area contributed by atoms with Gasteiger partial charge in [0.25, 0.3) is 0 Å². The minimum atomic E-state index is -1.17. The fourth-order valence-electron chi connectivity index (χ4n) is 1.22. The third-order valence-corrected chi connectivity index (χ3v) is 2.07. The molecule has 0 saturated heterocycles. The van der Waals surface area contributed by atoms with E-state index < -0.39 is 18.1 Å². The van der Waals surface area contributed by atoms with Crippen molar-refractivity contribution in [1.29, 1.82) is 0 Å². The van der Waals surface area contributed by atoms with Gasteiger partial charge in [-0.05, 0) is 25.5 Å². The molecule has 0 aliphatic carbocycles. The van der Waals surface area contributed by atoms with Gasteiger partial charge in [0, 0.05) is 0 Å². The van der Waals surface area contributed by atoms with Crippen molar-refractivity contribution in [3.8, 4) is 0 Å². The maximum Gasteiger partial charge on any atom is 0.326 e. The topological polar surface area (TPSA) is 85.7 Å². The SMILES string of the molecule is CCOC(=O)C(N)C(O)c1occc1C. The minimum absolute atomic E-state index is 0.233. The lowest BCUT2D eigenvalue weighted by Gasteiger charge is -2.15. The van der Waals surface area contributed by atoms with Crippen LogP contribution in [0.4, 0.5) is 0 Å². The van der Waals surface area contributed by atoms with Crippen LogP contribution in [-0.4, -0.2) is 23.7 Å². The van der Waals surface area contributed by atoms with Gasteiger partial charge in [0.2, 0.25) is 0 Å². The molecule has 2 unspecified atom stereocenters. The predicted octanol–water partition coefficient (Wildman–Crippen LogP) is 0.512. The van der Waals surface area contributed by atoms with E-state index in [1.54, 1.807) is 19.9 Å². The summed E-state index contributed by atoms with van der Waals surface area (Å²) in [5.74, 6) is -0.337. The monoisotopic (exact) mass is 213 g/mol. The van der Waals surface area contributed by atoms with E-state index in [0.717, 1.165) is 5.56 Å². The number of carbonyl (C=O) groups excluding carboxylic acids is 1. The van der Waals surface area contributed by atoms with Crippen LogP contribution in [0.3, 0.4) is 0 Å². The van der Waals surface area contributed by atoms with E-state index in [4.69, 9.17) is 14.9 Å². The molecule has 0 amide bonds. The van der Waals surface area contributed by atoms with Crippen molar-refractivity contribution in [2.45, 2.75) is 26.0 Å².